The van der Waals surface area contributed by atoms with Crippen LogP contribution in [0.1, 0.15) is 6.42 Å². The van der Waals surface area contributed by atoms with Gasteiger partial charge in [-0.3, -0.25) is 4.79 Å². The van der Waals surface area contributed by atoms with Gasteiger partial charge in [0.05, 0.1) is 6.42 Å². The van der Waals surface area contributed by atoms with Crippen molar-refractivity contribution in [2.75, 3.05) is 0 Å². The van der Waals surface area contributed by atoms with Crippen LogP contribution in [-0.2, 0) is 9.59 Å². The number of carbonyl (C=O) groups is 2. The van der Waals surface area contributed by atoms with Crippen molar-refractivity contribution < 1.29 is 30.0 Å². The Morgan fingerprint density at radius 2 is 1.83 bits per heavy atom. The van der Waals surface area contributed by atoms with Crippen molar-refractivity contribution in [3.63, 3.8) is 0 Å². The largest absolute Gasteiger partial charge is 0.481 e. The molecule has 0 heterocycles. The van der Waals surface area contributed by atoms with E-state index in [-0.39, 0.29) is 0 Å². The minimum atomic E-state index is -2.67. The van der Waals surface area contributed by atoms with Crippen LogP contribution in [-0.4, -0.2) is 43.5 Å². The molecule has 70 valence electrons. The summed E-state index contributed by atoms with van der Waals surface area (Å²) in [5.74, 6) is -3.29. The lowest BCUT2D eigenvalue weighted by molar-refractivity contribution is -0.158. The molecule has 0 aliphatic heterocycles. The van der Waals surface area contributed by atoms with Crippen molar-refractivity contribution in [2.45, 2.75) is 17.6 Å². The summed E-state index contributed by atoms with van der Waals surface area (Å²) in [6, 6.07) is 0. The van der Waals surface area contributed by atoms with Gasteiger partial charge in [-0.1, -0.05) is 11.6 Å². The fourth-order valence-electron chi connectivity index (χ4n) is 0.498. The van der Waals surface area contributed by atoms with Crippen LogP contribution in [0, 0.1) is 0 Å². The molecule has 0 saturated heterocycles. The normalized spacial score (nSPS) is 17.9. The molecule has 0 spiro atoms. The fraction of sp³-hybridized carbons (Fsp3) is 0.600. The standard InChI is InChI=1S/C5H7ClO6/c6-5(12,1-2(7)8)3(9)4(10)11/h3,9,12H,1H2,(H,7,8)(H,10,11). The predicted octanol–water partition coefficient (Wildman–Crippen LogP) is -1.17. The topological polar surface area (TPSA) is 115 Å². The zero-order chi connectivity index (χ0) is 9.94. The lowest BCUT2D eigenvalue weighted by Crippen LogP contribution is -2.44. The number of aliphatic hydroxyl groups is 2. The first-order valence-corrected chi connectivity index (χ1v) is 3.19. The summed E-state index contributed by atoms with van der Waals surface area (Å²) >= 11 is 5.02. The Morgan fingerprint density at radius 3 is 2.08 bits per heavy atom. The molecular weight excluding hydrogens is 192 g/mol. The molecule has 2 atom stereocenters. The number of hydrogen-bond donors (Lipinski definition) is 4. The fourth-order valence-corrected chi connectivity index (χ4v) is 0.706. The number of aliphatic carboxylic acids is 2. The Morgan fingerprint density at radius 1 is 1.42 bits per heavy atom. The summed E-state index contributed by atoms with van der Waals surface area (Å²) in [6.07, 6.45) is -3.38. The number of alkyl halides is 1. The molecule has 2 unspecified atom stereocenters. The quantitative estimate of drug-likeness (QED) is 0.424. The number of aliphatic hydroxyl groups excluding tert-OH is 1. The lowest BCUT2D eigenvalue weighted by Gasteiger charge is -2.20. The van der Waals surface area contributed by atoms with Crippen molar-refractivity contribution in [3.8, 4) is 0 Å². The molecule has 4 N–H and O–H groups in total. The third-order valence-corrected chi connectivity index (χ3v) is 1.39. The van der Waals surface area contributed by atoms with Gasteiger partial charge in [-0.2, -0.15) is 0 Å². The molecule has 12 heavy (non-hydrogen) atoms. The van der Waals surface area contributed by atoms with Gasteiger partial charge in [0.15, 0.2) is 11.2 Å². The molecule has 0 bridgehead atoms. The first-order valence-electron chi connectivity index (χ1n) is 2.81. The van der Waals surface area contributed by atoms with E-state index in [0.717, 1.165) is 0 Å². The Labute approximate surface area is 72.0 Å². The molecule has 0 fully saturated rings. The maximum absolute atomic E-state index is 10.0. The number of carboxylic acids is 2. The smallest absolute Gasteiger partial charge is 0.336 e. The maximum atomic E-state index is 10.0. The van der Waals surface area contributed by atoms with Crippen LogP contribution in [0.5, 0.6) is 0 Å². The molecule has 0 aliphatic carbocycles. The second-order valence-electron chi connectivity index (χ2n) is 2.13. The summed E-state index contributed by atoms with van der Waals surface area (Å²) in [6.45, 7) is 0. The number of carboxylic acid groups (broad SMARTS) is 2. The number of halogens is 1. The van der Waals surface area contributed by atoms with Crippen molar-refractivity contribution in [1.29, 1.82) is 0 Å². The third-order valence-electron chi connectivity index (χ3n) is 1.05. The van der Waals surface area contributed by atoms with E-state index in [2.05, 4.69) is 0 Å². The molecule has 0 aliphatic rings. The molecule has 0 saturated carbocycles. The molecule has 0 rings (SSSR count). The minimum absolute atomic E-state index is 1.05. The minimum Gasteiger partial charge on any atom is -0.481 e. The van der Waals surface area contributed by atoms with Crippen LogP contribution >= 0.6 is 11.6 Å². The summed E-state index contributed by atoms with van der Waals surface area (Å²) in [7, 11) is 0. The summed E-state index contributed by atoms with van der Waals surface area (Å²) in [5.41, 5.74) is 0. The van der Waals surface area contributed by atoms with Crippen LogP contribution in [0.15, 0.2) is 0 Å². The molecule has 7 heteroatoms. The Bertz CT molecular complexity index is 200. The zero-order valence-corrected chi connectivity index (χ0v) is 6.52. The van der Waals surface area contributed by atoms with Gasteiger partial charge >= 0.3 is 11.9 Å². The second-order valence-corrected chi connectivity index (χ2v) is 2.78. The van der Waals surface area contributed by atoms with E-state index >= 15 is 0 Å². The Kier molecular flexibility index (Phi) is 3.44. The lowest BCUT2D eigenvalue weighted by atomic mass is 10.1. The van der Waals surface area contributed by atoms with Gasteiger partial charge in [-0.05, 0) is 0 Å². The summed E-state index contributed by atoms with van der Waals surface area (Å²) < 4.78 is 0. The molecule has 0 amide bonds. The highest BCUT2D eigenvalue weighted by Crippen LogP contribution is 2.20. The van der Waals surface area contributed by atoms with Crippen LogP contribution in [0.25, 0.3) is 0 Å². The summed E-state index contributed by atoms with van der Waals surface area (Å²) in [5, 5.41) is 31.1. The zero-order valence-electron chi connectivity index (χ0n) is 5.77. The first-order chi connectivity index (χ1) is 5.27. The molecule has 0 aromatic carbocycles. The van der Waals surface area contributed by atoms with Crippen LogP contribution in [0.4, 0.5) is 0 Å². The van der Waals surface area contributed by atoms with Crippen molar-refractivity contribution in [2.24, 2.45) is 0 Å². The molecule has 0 aromatic heterocycles. The van der Waals surface area contributed by atoms with Crippen LogP contribution in [0.3, 0.4) is 0 Å². The van der Waals surface area contributed by atoms with Crippen molar-refractivity contribution in [1.82, 2.24) is 0 Å². The SMILES string of the molecule is O=C(O)CC(O)(Cl)C(O)C(=O)O. The van der Waals surface area contributed by atoms with E-state index in [0.29, 0.717) is 0 Å². The van der Waals surface area contributed by atoms with Gasteiger partial charge < -0.3 is 20.4 Å². The number of hydrogen-bond acceptors (Lipinski definition) is 4. The van der Waals surface area contributed by atoms with Crippen molar-refractivity contribution in [3.05, 3.63) is 0 Å². The monoisotopic (exact) mass is 198 g/mol. The van der Waals surface area contributed by atoms with E-state index in [1.54, 1.807) is 0 Å². The third kappa shape index (κ3) is 3.04. The van der Waals surface area contributed by atoms with Gasteiger partial charge in [-0.25, -0.2) is 4.79 Å². The maximum Gasteiger partial charge on any atom is 0.336 e. The van der Waals surface area contributed by atoms with Crippen LogP contribution < -0.4 is 0 Å². The van der Waals surface area contributed by atoms with Gasteiger partial charge in [0.2, 0.25) is 0 Å². The molecule has 0 aromatic rings. The van der Waals surface area contributed by atoms with Gasteiger partial charge in [0.1, 0.15) is 0 Å². The van der Waals surface area contributed by atoms with E-state index < -0.39 is 29.5 Å². The second kappa shape index (κ2) is 3.70. The first kappa shape index (κ1) is 11.2. The Hall–Kier alpha value is -0.850. The van der Waals surface area contributed by atoms with Gasteiger partial charge in [0.25, 0.3) is 0 Å². The molecular formula is C5H7ClO6. The highest BCUT2D eigenvalue weighted by molar-refractivity contribution is 6.25. The highest BCUT2D eigenvalue weighted by atomic mass is 35.5. The molecule has 6 nitrogen and oxygen atoms in total. The Balaban J connectivity index is 4.38. The van der Waals surface area contributed by atoms with Gasteiger partial charge in [-0.15, -0.1) is 0 Å². The number of rotatable bonds is 4. The molecule has 0 radical (unpaired) electrons. The average Bonchev–Trinajstić information content (AvgIpc) is 1.82. The predicted molar refractivity (Wildman–Crippen MR) is 36.7 cm³/mol. The van der Waals surface area contributed by atoms with Crippen LogP contribution in [0.2, 0.25) is 0 Å². The van der Waals surface area contributed by atoms with Crippen molar-refractivity contribution >= 4 is 23.5 Å². The van der Waals surface area contributed by atoms with Gasteiger partial charge in [0, 0.05) is 0 Å². The van der Waals surface area contributed by atoms with E-state index in [4.69, 9.17) is 32.0 Å². The summed E-state index contributed by atoms with van der Waals surface area (Å²) in [4.78, 5) is 20.0. The van der Waals surface area contributed by atoms with E-state index in [9.17, 15) is 9.59 Å². The average molecular weight is 199 g/mol. The van der Waals surface area contributed by atoms with E-state index in [1.165, 1.54) is 0 Å². The highest BCUT2D eigenvalue weighted by Gasteiger charge is 2.40. The van der Waals surface area contributed by atoms with E-state index in [1.807, 2.05) is 0 Å².